The molecule has 7 N–H and O–H groups in total. The summed E-state index contributed by atoms with van der Waals surface area (Å²) < 4.78 is 0. The number of carboxylic acids is 2. The molecule has 0 saturated heterocycles. The molecule has 13 heteroatoms. The van der Waals surface area contributed by atoms with Crippen molar-refractivity contribution in [3.05, 3.63) is 41.2 Å². The maximum Gasteiger partial charge on any atom is 0.326 e. The predicted molar refractivity (Wildman–Crippen MR) is 126 cm³/mol. The number of nitrogen functional groups attached to an aromatic ring is 2. The molecule has 1 aromatic carbocycles. The number of anilines is 3. The molecular formula is C22H24N8O5. The summed E-state index contributed by atoms with van der Waals surface area (Å²) in [6.45, 7) is 1.15. The first-order valence-corrected chi connectivity index (χ1v) is 10.9. The Kier molecular flexibility index (Phi) is 6.57. The van der Waals surface area contributed by atoms with Gasteiger partial charge in [-0.25, -0.2) is 14.8 Å². The highest BCUT2D eigenvalue weighted by Crippen LogP contribution is 2.30. The molecule has 182 valence electrons. The summed E-state index contributed by atoms with van der Waals surface area (Å²) in [7, 11) is 0. The summed E-state index contributed by atoms with van der Waals surface area (Å²) in [5.41, 5.74) is 15.1. The van der Waals surface area contributed by atoms with E-state index in [-0.39, 0.29) is 31.0 Å². The average Bonchev–Trinajstić information content (AvgIpc) is 3.20. The van der Waals surface area contributed by atoms with E-state index in [9.17, 15) is 19.5 Å². The number of nitrogens with zero attached hydrogens (tertiary/aromatic N) is 5. The molecule has 1 unspecified atom stereocenters. The zero-order valence-electron chi connectivity index (χ0n) is 18.6. The minimum atomic E-state index is -1.21. The molecule has 0 saturated carbocycles. The van der Waals surface area contributed by atoms with Crippen molar-refractivity contribution in [3.63, 3.8) is 0 Å². The number of rotatable bonds is 9. The average molecular weight is 480 g/mol. The molecular weight excluding hydrogens is 456 g/mol. The first-order chi connectivity index (χ1) is 16.7. The lowest BCUT2D eigenvalue weighted by molar-refractivity contribution is -0.140. The Morgan fingerprint density at radius 1 is 1.14 bits per heavy atom. The number of carbonyl (C=O) groups excluding carboxylic acids is 1. The van der Waals surface area contributed by atoms with Gasteiger partial charge in [-0.05, 0) is 43.0 Å². The number of nitrogens with one attached hydrogen (secondary N) is 1. The number of hydrogen-bond acceptors (Lipinski definition) is 10. The smallest absolute Gasteiger partial charge is 0.326 e. The Labute approximate surface area is 199 Å². The van der Waals surface area contributed by atoms with Crippen molar-refractivity contribution in [2.45, 2.75) is 38.3 Å². The molecule has 4 rings (SSSR count). The second-order valence-corrected chi connectivity index (χ2v) is 8.17. The topological polar surface area (TPSA) is 211 Å². The van der Waals surface area contributed by atoms with E-state index >= 15 is 0 Å². The monoisotopic (exact) mass is 480 g/mol. The number of aromatic nitrogens is 4. The first kappa shape index (κ1) is 23.6. The number of hydrogen-bond donors (Lipinski definition) is 5. The normalized spacial score (nSPS) is 13.4. The first-order valence-electron chi connectivity index (χ1n) is 10.9. The van der Waals surface area contributed by atoms with Crippen molar-refractivity contribution < 1.29 is 24.6 Å². The van der Waals surface area contributed by atoms with Crippen LogP contribution in [-0.2, 0) is 22.6 Å². The second kappa shape index (κ2) is 9.75. The van der Waals surface area contributed by atoms with Crippen molar-refractivity contribution in [1.29, 1.82) is 0 Å². The zero-order valence-corrected chi connectivity index (χ0v) is 18.6. The van der Waals surface area contributed by atoms with Gasteiger partial charge in [0.05, 0.1) is 18.4 Å². The molecule has 35 heavy (non-hydrogen) atoms. The van der Waals surface area contributed by atoms with E-state index in [1.165, 1.54) is 0 Å². The highest BCUT2D eigenvalue weighted by molar-refractivity contribution is 5.97. The van der Waals surface area contributed by atoms with E-state index in [2.05, 4.69) is 30.2 Å². The molecule has 1 amide bonds. The molecule has 2 aromatic heterocycles. The SMILES string of the molecule is Nc1nc(N)c2nc(CN3CCc4cc(C(=O)NC(CCCC(=O)O)C(=O)O)ccc43)cnc2n1. The third-order valence-electron chi connectivity index (χ3n) is 5.67. The molecule has 0 bridgehead atoms. The molecule has 3 aromatic rings. The number of carbonyl (C=O) groups is 3. The van der Waals surface area contributed by atoms with E-state index in [1.807, 2.05) is 6.07 Å². The highest BCUT2D eigenvalue weighted by atomic mass is 16.4. The number of nitrogens with two attached hydrogens (primary N) is 2. The fraction of sp³-hybridized carbons (Fsp3) is 0.318. The van der Waals surface area contributed by atoms with Gasteiger partial charge < -0.3 is 31.9 Å². The number of aliphatic carboxylic acids is 2. The van der Waals surface area contributed by atoms with Gasteiger partial charge in [0.2, 0.25) is 5.95 Å². The van der Waals surface area contributed by atoms with Crippen molar-refractivity contribution in [2.24, 2.45) is 0 Å². The Hall–Kier alpha value is -4.55. The summed E-state index contributed by atoms with van der Waals surface area (Å²) in [6.07, 6.45) is 2.31. The number of amides is 1. The molecule has 0 fully saturated rings. The van der Waals surface area contributed by atoms with Gasteiger partial charge >= 0.3 is 11.9 Å². The maximum atomic E-state index is 12.7. The van der Waals surface area contributed by atoms with Crippen LogP contribution in [0.2, 0.25) is 0 Å². The molecule has 1 aliphatic heterocycles. The van der Waals surface area contributed by atoms with E-state index < -0.39 is 23.9 Å². The van der Waals surface area contributed by atoms with Crippen LogP contribution in [-0.4, -0.2) is 60.6 Å². The lowest BCUT2D eigenvalue weighted by Gasteiger charge is -2.19. The van der Waals surface area contributed by atoms with Crippen LogP contribution in [0.1, 0.15) is 40.9 Å². The van der Waals surface area contributed by atoms with Gasteiger partial charge in [-0.15, -0.1) is 0 Å². The predicted octanol–water partition coefficient (Wildman–Crippen LogP) is 0.585. The van der Waals surface area contributed by atoms with Crippen molar-refractivity contribution in [2.75, 3.05) is 22.9 Å². The van der Waals surface area contributed by atoms with Gasteiger partial charge in [0.25, 0.3) is 5.91 Å². The quantitative estimate of drug-likeness (QED) is 0.285. The van der Waals surface area contributed by atoms with Gasteiger partial charge in [0, 0.05) is 24.2 Å². The van der Waals surface area contributed by atoms with Crippen LogP contribution in [0.4, 0.5) is 17.5 Å². The number of benzene rings is 1. The second-order valence-electron chi connectivity index (χ2n) is 8.17. The summed E-state index contributed by atoms with van der Waals surface area (Å²) in [5, 5.41) is 20.6. The summed E-state index contributed by atoms with van der Waals surface area (Å²) in [6, 6.07) is 4.01. The maximum absolute atomic E-state index is 12.7. The van der Waals surface area contributed by atoms with Gasteiger partial charge in [0.15, 0.2) is 17.0 Å². The lowest BCUT2D eigenvalue weighted by atomic mass is 10.1. The Morgan fingerprint density at radius 2 is 1.94 bits per heavy atom. The minimum absolute atomic E-state index is 0.0281. The fourth-order valence-electron chi connectivity index (χ4n) is 3.99. The van der Waals surface area contributed by atoms with E-state index in [0.717, 1.165) is 11.3 Å². The summed E-state index contributed by atoms with van der Waals surface area (Å²) >= 11 is 0. The third kappa shape index (κ3) is 5.34. The molecule has 0 spiro atoms. The van der Waals surface area contributed by atoms with Gasteiger partial charge in [-0.3, -0.25) is 9.59 Å². The minimum Gasteiger partial charge on any atom is -0.481 e. The molecule has 1 aliphatic rings. The molecule has 0 radical (unpaired) electrons. The summed E-state index contributed by atoms with van der Waals surface area (Å²) in [5.74, 6) is -2.56. The third-order valence-corrected chi connectivity index (χ3v) is 5.67. The fourth-order valence-corrected chi connectivity index (χ4v) is 3.99. The van der Waals surface area contributed by atoms with Crippen LogP contribution in [0.15, 0.2) is 24.4 Å². The van der Waals surface area contributed by atoms with Crippen LogP contribution in [0.5, 0.6) is 0 Å². The Morgan fingerprint density at radius 3 is 2.69 bits per heavy atom. The van der Waals surface area contributed by atoms with Gasteiger partial charge in [0.1, 0.15) is 6.04 Å². The van der Waals surface area contributed by atoms with E-state index in [0.29, 0.717) is 41.9 Å². The number of carboxylic acid groups (broad SMARTS) is 2. The molecule has 13 nitrogen and oxygen atoms in total. The molecule has 1 atom stereocenters. The summed E-state index contributed by atoms with van der Waals surface area (Å²) in [4.78, 5) is 53.6. The highest BCUT2D eigenvalue weighted by Gasteiger charge is 2.24. The van der Waals surface area contributed by atoms with Crippen LogP contribution in [0, 0.1) is 0 Å². The van der Waals surface area contributed by atoms with Crippen LogP contribution >= 0.6 is 0 Å². The van der Waals surface area contributed by atoms with Crippen molar-refractivity contribution in [3.8, 4) is 0 Å². The Bertz CT molecular complexity index is 1310. The standard InChI is InChI=1S/C22H24N8O5/c23-18-17-19(29-22(24)28-18)25-9-13(26-17)10-30-7-6-11-8-12(4-5-15(11)30)20(33)27-14(21(34)35)2-1-3-16(31)32/h4-5,8-9,14H,1-3,6-7,10H2,(H,27,33)(H,31,32)(H,34,35)(H4,23,24,25,28,29). The zero-order chi connectivity index (χ0) is 25.1. The van der Waals surface area contributed by atoms with E-state index in [4.69, 9.17) is 16.6 Å². The molecule has 3 heterocycles. The van der Waals surface area contributed by atoms with Crippen molar-refractivity contribution in [1.82, 2.24) is 25.3 Å². The Balaban J connectivity index is 1.45. The van der Waals surface area contributed by atoms with Crippen LogP contribution < -0.4 is 21.7 Å². The van der Waals surface area contributed by atoms with Crippen LogP contribution in [0.25, 0.3) is 11.2 Å². The molecule has 0 aliphatic carbocycles. The van der Waals surface area contributed by atoms with Crippen LogP contribution in [0.3, 0.4) is 0 Å². The van der Waals surface area contributed by atoms with Gasteiger partial charge in [-0.2, -0.15) is 9.97 Å². The van der Waals surface area contributed by atoms with Crippen molar-refractivity contribution >= 4 is 46.5 Å². The van der Waals surface area contributed by atoms with Gasteiger partial charge in [-0.1, -0.05) is 0 Å². The number of fused-ring (bicyclic) bond motifs is 2. The largest absolute Gasteiger partial charge is 0.481 e. The van der Waals surface area contributed by atoms with E-state index in [1.54, 1.807) is 18.3 Å². The lowest BCUT2D eigenvalue weighted by Crippen LogP contribution is -2.40.